The van der Waals surface area contributed by atoms with Crippen LogP contribution in [-0.2, 0) is 38.1 Å². The summed E-state index contributed by atoms with van der Waals surface area (Å²) in [6.07, 6.45) is 8.48. The van der Waals surface area contributed by atoms with Crippen molar-refractivity contribution in [2.75, 3.05) is 26.4 Å². The van der Waals surface area contributed by atoms with Gasteiger partial charge in [0.05, 0.1) is 11.8 Å². The lowest BCUT2D eigenvalue weighted by atomic mass is 9.73. The Hall–Kier alpha value is -2.64. The molecule has 8 nitrogen and oxygen atoms in total. The number of ether oxygens (including phenoxy) is 4. The Labute approximate surface area is 208 Å². The molecule has 0 aromatic carbocycles. The van der Waals surface area contributed by atoms with Crippen LogP contribution in [0.3, 0.4) is 0 Å². The monoisotopic (exact) mass is 492 g/mol. The third kappa shape index (κ3) is 10.2. The van der Waals surface area contributed by atoms with Crippen molar-refractivity contribution in [2.24, 2.45) is 23.7 Å². The normalized spacial score (nSPS) is 24.1. The summed E-state index contributed by atoms with van der Waals surface area (Å²) in [5.41, 5.74) is 0.642. The fourth-order valence-corrected chi connectivity index (χ4v) is 4.77. The van der Waals surface area contributed by atoms with Gasteiger partial charge in [-0.05, 0) is 83.5 Å². The zero-order chi connectivity index (χ0) is 25.8. The smallest absolute Gasteiger partial charge is 0.333 e. The standard InChI is InChI=1S/C27H40O8/c1-18(2)24(28)32-13-15-34-26(30)22-9-5-20(6-10-22)17-21-7-11-23(12-8-21)27(31)35-16-14-33-25(29)19(3)4/h20-23H,1,3,5-17H2,2,4H3. The number of carbonyl (C=O) groups excluding carboxylic acids is 4. The third-order valence-electron chi connectivity index (χ3n) is 6.85. The lowest BCUT2D eigenvalue weighted by Gasteiger charge is -2.33. The molecule has 0 unspecified atom stereocenters. The molecule has 0 aromatic heterocycles. The minimum Gasteiger partial charge on any atom is -0.462 e. The van der Waals surface area contributed by atoms with Crippen molar-refractivity contribution in [1.82, 2.24) is 0 Å². The maximum Gasteiger partial charge on any atom is 0.333 e. The molecule has 0 N–H and O–H groups in total. The molecule has 0 aromatic rings. The van der Waals surface area contributed by atoms with Crippen molar-refractivity contribution < 1.29 is 38.1 Å². The van der Waals surface area contributed by atoms with Gasteiger partial charge in [-0.15, -0.1) is 0 Å². The number of esters is 4. The predicted octanol–water partition coefficient (Wildman–Crippen LogP) is 4.31. The van der Waals surface area contributed by atoms with Crippen molar-refractivity contribution in [3.8, 4) is 0 Å². The first-order valence-corrected chi connectivity index (χ1v) is 12.7. The van der Waals surface area contributed by atoms with Crippen LogP contribution in [0.4, 0.5) is 0 Å². The maximum atomic E-state index is 12.3. The van der Waals surface area contributed by atoms with Crippen LogP contribution in [0.25, 0.3) is 0 Å². The summed E-state index contributed by atoms with van der Waals surface area (Å²) < 4.78 is 20.4. The molecule has 2 rings (SSSR count). The van der Waals surface area contributed by atoms with Crippen molar-refractivity contribution in [3.63, 3.8) is 0 Å². The largest absolute Gasteiger partial charge is 0.462 e. The molecule has 8 heteroatoms. The molecular formula is C27H40O8. The highest BCUT2D eigenvalue weighted by Crippen LogP contribution is 2.39. The molecule has 196 valence electrons. The minimum atomic E-state index is -0.478. The highest BCUT2D eigenvalue weighted by molar-refractivity contribution is 5.87. The molecule has 2 saturated carbocycles. The number of rotatable bonds is 12. The van der Waals surface area contributed by atoms with E-state index >= 15 is 0 Å². The summed E-state index contributed by atoms with van der Waals surface area (Å²) in [5.74, 6) is -0.319. The van der Waals surface area contributed by atoms with E-state index in [4.69, 9.17) is 18.9 Å². The van der Waals surface area contributed by atoms with Crippen LogP contribution in [0.2, 0.25) is 0 Å². The van der Waals surface area contributed by atoms with E-state index < -0.39 is 11.9 Å². The average molecular weight is 493 g/mol. The Balaban J connectivity index is 1.56. The average Bonchev–Trinajstić information content (AvgIpc) is 2.84. The SMILES string of the molecule is C=C(C)C(=O)OCCOC(=O)C1CCC(CC2CCC(C(=O)OCCOC(=O)C(=C)C)CC2)CC1. The Bertz CT molecular complexity index is 706. The lowest BCUT2D eigenvalue weighted by molar-refractivity contribution is -0.154. The first-order chi connectivity index (χ1) is 16.7. The molecule has 0 heterocycles. The second-order valence-electron chi connectivity index (χ2n) is 9.84. The number of hydrogen-bond acceptors (Lipinski definition) is 8. The molecule has 2 aliphatic rings. The van der Waals surface area contributed by atoms with Gasteiger partial charge >= 0.3 is 23.9 Å². The van der Waals surface area contributed by atoms with Gasteiger partial charge in [-0.2, -0.15) is 0 Å². The van der Waals surface area contributed by atoms with Crippen molar-refractivity contribution in [3.05, 3.63) is 24.3 Å². The predicted molar refractivity (Wildman–Crippen MR) is 129 cm³/mol. The van der Waals surface area contributed by atoms with Crippen molar-refractivity contribution in [2.45, 2.75) is 71.6 Å². The van der Waals surface area contributed by atoms with Gasteiger partial charge in [0.25, 0.3) is 0 Å². The molecule has 2 fully saturated rings. The summed E-state index contributed by atoms with van der Waals surface area (Å²) in [4.78, 5) is 47.2. The molecule has 0 spiro atoms. The first kappa shape index (κ1) is 28.6. The van der Waals surface area contributed by atoms with E-state index in [2.05, 4.69) is 13.2 Å². The molecule has 0 amide bonds. The van der Waals surface area contributed by atoms with Crippen LogP contribution in [-0.4, -0.2) is 50.3 Å². The van der Waals surface area contributed by atoms with Gasteiger partial charge in [-0.1, -0.05) is 13.2 Å². The molecular weight excluding hydrogens is 452 g/mol. The second-order valence-corrected chi connectivity index (χ2v) is 9.84. The van der Waals surface area contributed by atoms with Crippen LogP contribution in [0.1, 0.15) is 71.6 Å². The van der Waals surface area contributed by atoms with E-state index in [1.165, 1.54) is 0 Å². The van der Waals surface area contributed by atoms with Gasteiger partial charge in [0, 0.05) is 11.1 Å². The van der Waals surface area contributed by atoms with Crippen LogP contribution >= 0.6 is 0 Å². The zero-order valence-electron chi connectivity index (χ0n) is 21.2. The Morgan fingerprint density at radius 3 is 1.20 bits per heavy atom. The van der Waals surface area contributed by atoms with Crippen LogP contribution in [0, 0.1) is 23.7 Å². The summed E-state index contributed by atoms with van der Waals surface area (Å²) >= 11 is 0. The van der Waals surface area contributed by atoms with E-state index in [9.17, 15) is 19.2 Å². The van der Waals surface area contributed by atoms with Crippen LogP contribution < -0.4 is 0 Å². The summed E-state index contributed by atoms with van der Waals surface area (Å²) in [6.45, 7) is 10.4. The maximum absolute atomic E-state index is 12.3. The third-order valence-corrected chi connectivity index (χ3v) is 6.85. The zero-order valence-corrected chi connectivity index (χ0v) is 21.2. The van der Waals surface area contributed by atoms with Gasteiger partial charge in [-0.3, -0.25) is 9.59 Å². The minimum absolute atomic E-state index is 0.0471. The molecule has 35 heavy (non-hydrogen) atoms. The van der Waals surface area contributed by atoms with E-state index in [1.54, 1.807) is 13.8 Å². The first-order valence-electron chi connectivity index (χ1n) is 12.7. The van der Waals surface area contributed by atoms with E-state index in [0.29, 0.717) is 23.0 Å². The van der Waals surface area contributed by atoms with Crippen molar-refractivity contribution in [1.29, 1.82) is 0 Å². The van der Waals surface area contributed by atoms with Gasteiger partial charge in [0.15, 0.2) is 0 Å². The van der Waals surface area contributed by atoms with E-state index in [0.717, 1.165) is 57.8 Å². The van der Waals surface area contributed by atoms with Gasteiger partial charge < -0.3 is 18.9 Å². The van der Waals surface area contributed by atoms with Gasteiger partial charge in [0.2, 0.25) is 0 Å². The number of carbonyl (C=O) groups is 4. The summed E-state index contributed by atoms with van der Waals surface area (Å²) in [6, 6.07) is 0. The highest BCUT2D eigenvalue weighted by atomic mass is 16.6. The highest BCUT2D eigenvalue weighted by Gasteiger charge is 2.32. The van der Waals surface area contributed by atoms with Crippen molar-refractivity contribution >= 4 is 23.9 Å². The lowest BCUT2D eigenvalue weighted by Crippen LogP contribution is -2.28. The molecule has 2 aliphatic carbocycles. The molecule has 0 atom stereocenters. The van der Waals surface area contributed by atoms with Gasteiger partial charge in [0.1, 0.15) is 26.4 Å². The molecule has 0 saturated heterocycles. The fourth-order valence-electron chi connectivity index (χ4n) is 4.77. The fraction of sp³-hybridized carbons (Fsp3) is 0.704. The van der Waals surface area contributed by atoms with E-state index in [1.807, 2.05) is 0 Å². The van der Waals surface area contributed by atoms with E-state index in [-0.39, 0.29) is 50.2 Å². The summed E-state index contributed by atoms with van der Waals surface area (Å²) in [5, 5.41) is 0. The Kier molecular flexibility index (Phi) is 12.0. The molecule has 0 aliphatic heterocycles. The quantitative estimate of drug-likeness (QED) is 0.172. The number of hydrogen-bond donors (Lipinski definition) is 0. The molecule has 0 bridgehead atoms. The Morgan fingerprint density at radius 2 is 0.886 bits per heavy atom. The molecule has 0 radical (unpaired) electrons. The van der Waals surface area contributed by atoms with Crippen LogP contribution in [0.5, 0.6) is 0 Å². The Morgan fingerprint density at radius 1 is 0.571 bits per heavy atom. The summed E-state index contributed by atoms with van der Waals surface area (Å²) in [7, 11) is 0. The topological polar surface area (TPSA) is 105 Å². The second kappa shape index (κ2) is 14.7. The van der Waals surface area contributed by atoms with Crippen LogP contribution in [0.15, 0.2) is 24.3 Å². The van der Waals surface area contributed by atoms with Gasteiger partial charge in [-0.25, -0.2) is 9.59 Å².